The van der Waals surface area contributed by atoms with Gasteiger partial charge in [0.05, 0.1) is 19.6 Å². The van der Waals surface area contributed by atoms with Crippen molar-refractivity contribution >= 4 is 36.6 Å². The highest BCUT2D eigenvalue weighted by Gasteiger charge is 2.32. The maximum absolute atomic E-state index is 14.2. The number of nitrogens with one attached hydrogen (secondary N) is 1. The first kappa shape index (κ1) is 37.6. The molecule has 5 rings (SSSR count). The van der Waals surface area contributed by atoms with Crippen LogP contribution in [0.5, 0.6) is 5.75 Å². The van der Waals surface area contributed by atoms with Crippen molar-refractivity contribution in [2.45, 2.75) is 44.8 Å². The summed E-state index contributed by atoms with van der Waals surface area (Å²) in [6, 6.07) is 34.2. The van der Waals surface area contributed by atoms with E-state index in [-0.39, 0.29) is 48.7 Å². The summed E-state index contributed by atoms with van der Waals surface area (Å²) in [5, 5.41) is 2.89. The Hall–Kier alpha value is -3.88. The van der Waals surface area contributed by atoms with Crippen molar-refractivity contribution in [3.8, 4) is 16.9 Å². The smallest absolute Gasteiger partial charge is 0.251 e. The maximum Gasteiger partial charge on any atom is 0.251 e. The van der Waals surface area contributed by atoms with Crippen LogP contribution in [0.15, 0.2) is 103 Å². The molecule has 0 aromatic heterocycles. The molecule has 1 atom stereocenters. The minimum Gasteiger partial charge on any atom is -0.497 e. The van der Waals surface area contributed by atoms with Crippen LogP contribution in [0.3, 0.4) is 0 Å². The van der Waals surface area contributed by atoms with Crippen LogP contribution in [0, 0.1) is 0 Å². The number of carbonyl (C=O) groups is 2. The van der Waals surface area contributed by atoms with E-state index in [1.54, 1.807) is 7.11 Å². The molecule has 0 bridgehead atoms. The van der Waals surface area contributed by atoms with E-state index < -0.39 is 0 Å². The highest BCUT2D eigenvalue weighted by Crippen LogP contribution is 2.32. The van der Waals surface area contributed by atoms with Gasteiger partial charge in [0, 0.05) is 44.3 Å². The van der Waals surface area contributed by atoms with Gasteiger partial charge in [0.2, 0.25) is 5.91 Å². The van der Waals surface area contributed by atoms with Crippen molar-refractivity contribution in [3.05, 3.63) is 125 Å². The molecule has 1 aliphatic rings. The SMILES string of the molecule is COc1ccc(CC(=O)N(C2CCN(Cc3ccccc3)CC2)C(C)c2cccc(-c3ccccc3C(=O)NCCN)c2)cc1.Cl.Cl. The number of hydrogen-bond acceptors (Lipinski definition) is 5. The first-order valence-corrected chi connectivity index (χ1v) is 15.8. The first-order chi connectivity index (χ1) is 22.0. The van der Waals surface area contributed by atoms with Crippen molar-refractivity contribution in [2.24, 2.45) is 5.73 Å². The fourth-order valence-corrected chi connectivity index (χ4v) is 6.28. The van der Waals surface area contributed by atoms with E-state index in [1.165, 1.54) is 5.56 Å². The Labute approximate surface area is 291 Å². The lowest BCUT2D eigenvalue weighted by Gasteiger charge is -2.42. The number of nitrogens with two attached hydrogens (primary N) is 1. The van der Waals surface area contributed by atoms with E-state index in [2.05, 4.69) is 58.4 Å². The molecule has 0 saturated carbocycles. The second kappa shape index (κ2) is 18.5. The van der Waals surface area contributed by atoms with Gasteiger partial charge in [-0.05, 0) is 71.8 Å². The lowest BCUT2D eigenvalue weighted by molar-refractivity contribution is -0.136. The van der Waals surface area contributed by atoms with Gasteiger partial charge in [-0.2, -0.15) is 0 Å². The molecular formula is C38H46Cl2N4O3. The standard InChI is InChI=1S/C38H44N4O3.2ClH/c1-28(31-11-8-12-32(26-31)35-13-6-7-14-36(35)38(44)40-22-21-39)42(37(43)25-29-15-17-34(45-2)18-16-29)33-19-23-41(24-20-33)27-30-9-4-3-5-10-30;;/h3-18,26,28,33H,19-25,27,39H2,1-2H3,(H,40,44);2*1H. The molecule has 1 fully saturated rings. The number of piperidine rings is 1. The molecule has 3 N–H and O–H groups in total. The molecule has 4 aromatic carbocycles. The quantitative estimate of drug-likeness (QED) is 0.175. The summed E-state index contributed by atoms with van der Waals surface area (Å²) in [7, 11) is 1.65. The average Bonchev–Trinajstić information content (AvgIpc) is 3.09. The third-order valence-electron chi connectivity index (χ3n) is 8.70. The predicted molar refractivity (Wildman–Crippen MR) is 194 cm³/mol. The van der Waals surface area contributed by atoms with Gasteiger partial charge in [-0.25, -0.2) is 0 Å². The summed E-state index contributed by atoms with van der Waals surface area (Å²) in [4.78, 5) is 31.7. The number of likely N-dealkylation sites (tertiary alicyclic amines) is 1. The molecule has 250 valence electrons. The molecule has 1 aliphatic heterocycles. The average molecular weight is 678 g/mol. The number of amides is 2. The predicted octanol–water partition coefficient (Wildman–Crippen LogP) is 6.69. The van der Waals surface area contributed by atoms with Crippen LogP contribution in [0.2, 0.25) is 0 Å². The van der Waals surface area contributed by atoms with E-state index in [9.17, 15) is 9.59 Å². The van der Waals surface area contributed by atoms with Gasteiger partial charge >= 0.3 is 0 Å². The maximum atomic E-state index is 14.2. The van der Waals surface area contributed by atoms with Gasteiger partial charge in [-0.1, -0.05) is 78.9 Å². The Morgan fingerprint density at radius 2 is 1.57 bits per heavy atom. The molecule has 47 heavy (non-hydrogen) atoms. The van der Waals surface area contributed by atoms with E-state index in [0.29, 0.717) is 25.1 Å². The topological polar surface area (TPSA) is 87.9 Å². The monoisotopic (exact) mass is 676 g/mol. The summed E-state index contributed by atoms with van der Waals surface area (Å²) >= 11 is 0. The van der Waals surface area contributed by atoms with Gasteiger partial charge in [-0.15, -0.1) is 24.8 Å². The molecule has 9 heteroatoms. The summed E-state index contributed by atoms with van der Waals surface area (Å²) < 4.78 is 5.32. The Bertz CT molecular complexity index is 1560. The number of carbonyl (C=O) groups excluding carboxylic acids is 2. The van der Waals surface area contributed by atoms with Crippen LogP contribution in [0.1, 0.15) is 52.9 Å². The van der Waals surface area contributed by atoms with E-state index in [0.717, 1.165) is 60.5 Å². The third kappa shape index (κ3) is 9.81. The molecule has 1 heterocycles. The minimum atomic E-state index is -0.153. The highest BCUT2D eigenvalue weighted by molar-refractivity contribution is 6.01. The van der Waals surface area contributed by atoms with Gasteiger partial charge in [0.15, 0.2) is 0 Å². The normalized spacial score (nSPS) is 13.9. The highest BCUT2D eigenvalue weighted by atomic mass is 35.5. The van der Waals surface area contributed by atoms with Crippen LogP contribution in [-0.2, 0) is 17.8 Å². The largest absolute Gasteiger partial charge is 0.497 e. The Morgan fingerprint density at radius 1 is 0.894 bits per heavy atom. The second-order valence-corrected chi connectivity index (χ2v) is 11.7. The van der Waals surface area contributed by atoms with Crippen LogP contribution in [0.25, 0.3) is 11.1 Å². The van der Waals surface area contributed by atoms with E-state index in [1.807, 2.05) is 66.7 Å². The Morgan fingerprint density at radius 3 is 2.26 bits per heavy atom. The van der Waals surface area contributed by atoms with Crippen LogP contribution in [0.4, 0.5) is 0 Å². The number of ether oxygens (including phenoxy) is 1. The van der Waals surface area contributed by atoms with Crippen molar-refractivity contribution in [1.29, 1.82) is 0 Å². The number of nitrogens with zero attached hydrogens (tertiary/aromatic N) is 2. The molecule has 7 nitrogen and oxygen atoms in total. The fraction of sp³-hybridized carbons (Fsp3) is 0.316. The fourth-order valence-electron chi connectivity index (χ4n) is 6.28. The summed E-state index contributed by atoms with van der Waals surface area (Å²) in [6.45, 7) is 5.71. The molecule has 0 radical (unpaired) electrons. The van der Waals surface area contributed by atoms with Gasteiger partial charge in [0.1, 0.15) is 5.75 Å². The van der Waals surface area contributed by atoms with Crippen molar-refractivity contribution in [3.63, 3.8) is 0 Å². The van der Waals surface area contributed by atoms with Gasteiger partial charge < -0.3 is 20.7 Å². The molecule has 1 unspecified atom stereocenters. The van der Waals surface area contributed by atoms with Crippen molar-refractivity contribution in [2.75, 3.05) is 33.3 Å². The number of hydrogen-bond donors (Lipinski definition) is 2. The molecule has 2 amide bonds. The van der Waals surface area contributed by atoms with Crippen LogP contribution < -0.4 is 15.8 Å². The summed E-state index contributed by atoms with van der Waals surface area (Å²) in [5.41, 5.74) is 11.3. The summed E-state index contributed by atoms with van der Waals surface area (Å²) in [6.07, 6.45) is 2.15. The lowest BCUT2D eigenvalue weighted by atomic mass is 9.93. The minimum absolute atomic E-state index is 0. The Balaban J connectivity index is 0.00000300. The van der Waals surface area contributed by atoms with Crippen LogP contribution >= 0.6 is 24.8 Å². The van der Waals surface area contributed by atoms with Gasteiger partial charge in [0.25, 0.3) is 5.91 Å². The third-order valence-corrected chi connectivity index (χ3v) is 8.70. The molecule has 4 aromatic rings. The van der Waals surface area contributed by atoms with E-state index in [4.69, 9.17) is 10.5 Å². The zero-order valence-electron chi connectivity index (χ0n) is 27.1. The zero-order chi connectivity index (χ0) is 31.6. The van der Waals surface area contributed by atoms with E-state index >= 15 is 0 Å². The first-order valence-electron chi connectivity index (χ1n) is 15.8. The Kier molecular flexibility index (Phi) is 14.8. The number of benzene rings is 4. The summed E-state index contributed by atoms with van der Waals surface area (Å²) in [5.74, 6) is 0.741. The second-order valence-electron chi connectivity index (χ2n) is 11.7. The molecule has 0 aliphatic carbocycles. The lowest BCUT2D eigenvalue weighted by Crippen LogP contribution is -2.48. The van der Waals surface area contributed by atoms with Crippen LogP contribution in [-0.4, -0.2) is 60.9 Å². The molecular weight excluding hydrogens is 631 g/mol. The van der Waals surface area contributed by atoms with Gasteiger partial charge in [-0.3, -0.25) is 14.5 Å². The molecule has 0 spiro atoms. The number of halogens is 2. The van der Waals surface area contributed by atoms with Crippen molar-refractivity contribution in [1.82, 2.24) is 15.1 Å². The molecule has 1 saturated heterocycles. The number of methoxy groups -OCH3 is 1. The van der Waals surface area contributed by atoms with Crippen molar-refractivity contribution < 1.29 is 14.3 Å². The number of rotatable bonds is 12. The zero-order valence-corrected chi connectivity index (χ0v) is 28.8.